The first-order valence-corrected chi connectivity index (χ1v) is 16.1. The Morgan fingerprint density at radius 1 is 1.20 bits per heavy atom. The van der Waals surface area contributed by atoms with Crippen LogP contribution in [0, 0.1) is 0 Å². The third-order valence-electron chi connectivity index (χ3n) is 7.13. The van der Waals surface area contributed by atoms with Gasteiger partial charge in [0, 0.05) is 61.2 Å². The molecule has 0 saturated carbocycles. The lowest BCUT2D eigenvalue weighted by atomic mass is 10.1. The van der Waals surface area contributed by atoms with Gasteiger partial charge in [-0.05, 0) is 30.8 Å². The number of nitrogens with zero attached hydrogens (tertiary/aromatic N) is 7. The van der Waals surface area contributed by atoms with Crippen molar-refractivity contribution in [2.75, 3.05) is 51.1 Å². The van der Waals surface area contributed by atoms with Crippen LogP contribution in [0.5, 0.6) is 0 Å². The molecule has 0 radical (unpaired) electrons. The number of rotatable bonds is 9. The average molecular weight is 649 g/mol. The van der Waals surface area contributed by atoms with E-state index in [1.54, 1.807) is 25.1 Å². The minimum absolute atomic E-state index is 0.141. The molecule has 1 aliphatic heterocycles. The number of aromatic nitrogens is 5. The summed E-state index contributed by atoms with van der Waals surface area (Å²) in [4.78, 5) is 30.4. The lowest BCUT2D eigenvalue weighted by Crippen LogP contribution is -2.31. The van der Waals surface area contributed by atoms with E-state index in [9.17, 15) is 26.4 Å². The summed E-state index contributed by atoms with van der Waals surface area (Å²) < 4.78 is 65.9. The highest BCUT2D eigenvalue weighted by Gasteiger charge is 2.37. The minimum atomic E-state index is -4.97. The zero-order chi connectivity index (χ0) is 31.8. The topological polar surface area (TPSA) is 118 Å². The number of hydrogen-bond donors (Lipinski definition) is 1. The van der Waals surface area contributed by atoms with E-state index in [1.807, 2.05) is 36.0 Å². The molecule has 1 unspecified atom stereocenters. The maximum atomic E-state index is 13.8. The van der Waals surface area contributed by atoms with E-state index < -0.39 is 34.1 Å². The van der Waals surface area contributed by atoms with E-state index in [0.29, 0.717) is 26.0 Å². The Labute approximate surface area is 256 Å². The Bertz CT molecular complexity index is 1850. The van der Waals surface area contributed by atoms with Gasteiger partial charge in [0.15, 0.2) is 5.75 Å². The van der Waals surface area contributed by atoms with Crippen LogP contribution in [-0.2, 0) is 16.6 Å². The highest BCUT2D eigenvalue weighted by Crippen LogP contribution is 2.33. The largest absolute Gasteiger partial charge is 0.404 e. The maximum Gasteiger partial charge on any atom is 0.404 e. The number of likely N-dealkylation sites (N-methyl/N-ethyl adjacent to an activating group) is 1. The fourth-order valence-corrected chi connectivity index (χ4v) is 7.44. The molecule has 4 heterocycles. The summed E-state index contributed by atoms with van der Waals surface area (Å²) in [5.41, 5.74) is 1.89. The summed E-state index contributed by atoms with van der Waals surface area (Å²) in [5, 5.41) is 3.94. The van der Waals surface area contributed by atoms with Gasteiger partial charge in [-0.25, -0.2) is 22.4 Å². The van der Waals surface area contributed by atoms with Crippen LogP contribution >= 0.6 is 11.8 Å². The normalized spacial score (nSPS) is 16.3. The van der Waals surface area contributed by atoms with E-state index >= 15 is 0 Å². The van der Waals surface area contributed by atoms with Gasteiger partial charge in [-0.15, -0.1) is 0 Å². The summed E-state index contributed by atoms with van der Waals surface area (Å²) in [6, 6.07) is 9.49. The molecule has 1 aromatic carbocycles. The molecule has 1 N–H and O–H groups in total. The SMILES string of the molecule is C=C(c1cc2cnc(Nc3ccc(C4CN(C)CCS4)cc3)nc2n(Cc2cncn2S(=O)(=O)CC(F)(F)F)c1=O)N(C)C. The molecule has 16 heteroatoms. The first kappa shape index (κ1) is 31.5. The summed E-state index contributed by atoms with van der Waals surface area (Å²) in [6.07, 6.45) is -1.58. The fraction of sp³-hybridized carbons (Fsp3) is 0.357. The molecule has 3 aromatic heterocycles. The zero-order valence-corrected chi connectivity index (χ0v) is 25.9. The van der Waals surface area contributed by atoms with E-state index in [1.165, 1.54) is 16.3 Å². The van der Waals surface area contributed by atoms with E-state index in [0.717, 1.165) is 31.4 Å². The van der Waals surface area contributed by atoms with Gasteiger partial charge in [-0.1, -0.05) is 18.7 Å². The number of fused-ring (bicyclic) bond motifs is 1. The minimum Gasteiger partial charge on any atom is -0.377 e. The van der Waals surface area contributed by atoms with Crippen LogP contribution in [0.4, 0.5) is 24.8 Å². The predicted molar refractivity (Wildman–Crippen MR) is 166 cm³/mol. The Morgan fingerprint density at radius 3 is 2.59 bits per heavy atom. The molecule has 1 aliphatic rings. The monoisotopic (exact) mass is 648 g/mol. The van der Waals surface area contributed by atoms with Gasteiger partial charge in [0.1, 0.15) is 12.0 Å². The summed E-state index contributed by atoms with van der Waals surface area (Å²) >= 11 is 1.92. The second-order valence-electron chi connectivity index (χ2n) is 10.7. The molecule has 4 aromatic rings. The number of thioether (sulfide) groups is 1. The van der Waals surface area contributed by atoms with Crippen molar-refractivity contribution in [3.05, 3.63) is 82.8 Å². The van der Waals surface area contributed by atoms with Crippen LogP contribution in [0.2, 0.25) is 0 Å². The number of alkyl halides is 3. The molecule has 5 rings (SSSR count). The Morgan fingerprint density at radius 2 is 1.93 bits per heavy atom. The molecule has 1 saturated heterocycles. The molecule has 1 atom stereocenters. The van der Waals surface area contributed by atoms with Crippen molar-refractivity contribution in [2.24, 2.45) is 0 Å². The predicted octanol–water partition coefficient (Wildman–Crippen LogP) is 3.77. The van der Waals surface area contributed by atoms with Crippen molar-refractivity contribution in [1.29, 1.82) is 0 Å². The van der Waals surface area contributed by atoms with Crippen molar-refractivity contribution in [1.82, 2.24) is 33.3 Å². The second kappa shape index (κ2) is 12.2. The molecule has 11 nitrogen and oxygen atoms in total. The molecule has 1 fully saturated rings. The lowest BCUT2D eigenvalue weighted by Gasteiger charge is -2.29. The third kappa shape index (κ3) is 6.92. The molecule has 0 bridgehead atoms. The smallest absolute Gasteiger partial charge is 0.377 e. The molecular formula is C28H31F3N8O3S2. The van der Waals surface area contributed by atoms with Crippen molar-refractivity contribution < 1.29 is 21.6 Å². The van der Waals surface area contributed by atoms with E-state index in [-0.39, 0.29) is 22.9 Å². The van der Waals surface area contributed by atoms with Gasteiger partial charge in [0.25, 0.3) is 5.56 Å². The summed E-state index contributed by atoms with van der Waals surface area (Å²) in [7, 11) is 0.656. The number of imidazole rings is 1. The third-order valence-corrected chi connectivity index (χ3v) is 9.99. The van der Waals surface area contributed by atoms with E-state index in [4.69, 9.17) is 0 Å². The quantitative estimate of drug-likeness (QED) is 0.287. The number of benzene rings is 1. The highest BCUT2D eigenvalue weighted by molar-refractivity contribution is 7.99. The lowest BCUT2D eigenvalue weighted by molar-refractivity contribution is -0.106. The standard InChI is InChI=1S/C28H31F3N8O3S2/c1-18(36(2)3)23-11-20-12-33-27(34-21-7-5-19(6-8-21)24-15-37(4)9-10-43-24)35-25(20)38(26(23)40)14-22-13-32-17-39(22)44(41,42)16-28(29,30)31/h5-8,11-13,17,24H,1,9-10,14-16H2,2-4H3,(H,33,34,35). The van der Waals surface area contributed by atoms with E-state index in [2.05, 4.69) is 38.8 Å². The van der Waals surface area contributed by atoms with Gasteiger partial charge < -0.3 is 15.1 Å². The van der Waals surface area contributed by atoms with Crippen molar-refractivity contribution in [2.45, 2.75) is 18.0 Å². The van der Waals surface area contributed by atoms with Crippen LogP contribution in [-0.4, -0.2) is 93.6 Å². The highest BCUT2D eigenvalue weighted by atomic mass is 32.2. The first-order valence-electron chi connectivity index (χ1n) is 13.5. The Balaban J connectivity index is 1.52. The van der Waals surface area contributed by atoms with Crippen molar-refractivity contribution in [3.8, 4) is 0 Å². The summed E-state index contributed by atoms with van der Waals surface area (Å²) in [5.74, 6) is -0.851. The number of halogens is 3. The van der Waals surface area contributed by atoms with Crippen LogP contribution < -0.4 is 10.9 Å². The first-order chi connectivity index (χ1) is 20.7. The van der Waals surface area contributed by atoms with Crippen LogP contribution in [0.3, 0.4) is 0 Å². The van der Waals surface area contributed by atoms with Gasteiger partial charge in [0.2, 0.25) is 16.0 Å². The Kier molecular flexibility index (Phi) is 8.77. The molecule has 0 aliphatic carbocycles. The zero-order valence-electron chi connectivity index (χ0n) is 24.2. The van der Waals surface area contributed by atoms with Crippen LogP contribution in [0.25, 0.3) is 16.7 Å². The molecule has 0 spiro atoms. The molecular weight excluding hydrogens is 617 g/mol. The fourth-order valence-electron chi connectivity index (χ4n) is 4.81. The molecule has 234 valence electrons. The van der Waals surface area contributed by atoms with Gasteiger partial charge in [-0.2, -0.15) is 29.9 Å². The second-order valence-corrected chi connectivity index (χ2v) is 13.8. The molecule has 0 amide bonds. The number of hydrogen-bond acceptors (Lipinski definition) is 10. The van der Waals surface area contributed by atoms with Gasteiger partial charge >= 0.3 is 6.18 Å². The number of anilines is 2. The summed E-state index contributed by atoms with van der Waals surface area (Å²) in [6.45, 7) is 5.55. The van der Waals surface area contributed by atoms with Gasteiger partial charge in [-0.3, -0.25) is 9.36 Å². The van der Waals surface area contributed by atoms with Crippen LogP contribution in [0.15, 0.2) is 60.4 Å². The maximum absolute atomic E-state index is 13.8. The average Bonchev–Trinajstić information content (AvgIpc) is 3.43. The van der Waals surface area contributed by atoms with Gasteiger partial charge in [0.05, 0.1) is 24.0 Å². The Hall–Kier alpha value is -3.89. The number of pyridine rings is 1. The number of nitrogens with one attached hydrogen (secondary N) is 1. The van der Waals surface area contributed by atoms with Crippen molar-refractivity contribution >= 4 is 50.2 Å². The molecule has 44 heavy (non-hydrogen) atoms. The van der Waals surface area contributed by atoms with Crippen LogP contribution in [0.1, 0.15) is 22.1 Å². The van der Waals surface area contributed by atoms with Crippen molar-refractivity contribution in [3.63, 3.8) is 0 Å².